The van der Waals surface area contributed by atoms with E-state index in [0.29, 0.717) is 35.3 Å². The highest BCUT2D eigenvalue weighted by molar-refractivity contribution is 6.31. The minimum absolute atomic E-state index is 0.145. The van der Waals surface area contributed by atoms with E-state index in [1.807, 2.05) is 39.8 Å². The molecule has 0 fully saturated rings. The number of nitrogens with zero attached hydrogens (tertiary/aromatic N) is 1. The van der Waals surface area contributed by atoms with Crippen LogP contribution >= 0.6 is 11.6 Å². The van der Waals surface area contributed by atoms with Gasteiger partial charge < -0.3 is 14.8 Å². The third kappa shape index (κ3) is 7.57. The first-order chi connectivity index (χ1) is 15.3. The summed E-state index contributed by atoms with van der Waals surface area (Å²) in [4.78, 5) is 25.1. The predicted octanol–water partition coefficient (Wildman–Crippen LogP) is 4.43. The van der Waals surface area contributed by atoms with Crippen LogP contribution in [-0.2, 0) is 4.79 Å². The Morgan fingerprint density at radius 1 is 1.09 bits per heavy atom. The van der Waals surface area contributed by atoms with Gasteiger partial charge in [0.05, 0.1) is 19.4 Å². The van der Waals surface area contributed by atoms with Gasteiger partial charge in [0.1, 0.15) is 6.04 Å². The third-order valence-corrected chi connectivity index (χ3v) is 4.68. The smallest absolute Gasteiger partial charge is 0.262 e. The Morgan fingerprint density at radius 2 is 1.88 bits per heavy atom. The summed E-state index contributed by atoms with van der Waals surface area (Å²) < 4.78 is 11.3. The number of nitrogens with one attached hydrogen (secondary N) is 2. The molecule has 2 amide bonds. The van der Waals surface area contributed by atoms with Gasteiger partial charge in [0.15, 0.2) is 11.5 Å². The maximum absolute atomic E-state index is 12.6. The van der Waals surface area contributed by atoms with Gasteiger partial charge in [-0.2, -0.15) is 5.10 Å². The first-order valence-electron chi connectivity index (χ1n) is 10.6. The highest BCUT2D eigenvalue weighted by Crippen LogP contribution is 2.28. The van der Waals surface area contributed by atoms with Crippen LogP contribution in [0.3, 0.4) is 0 Å². The minimum atomic E-state index is -0.762. The van der Waals surface area contributed by atoms with E-state index < -0.39 is 11.9 Å². The average Bonchev–Trinajstić information content (AvgIpc) is 2.76. The van der Waals surface area contributed by atoms with Crippen molar-refractivity contribution in [1.29, 1.82) is 0 Å². The summed E-state index contributed by atoms with van der Waals surface area (Å²) >= 11 is 5.95. The molecule has 1 atom stereocenters. The molecule has 0 saturated carbocycles. The van der Waals surface area contributed by atoms with Crippen molar-refractivity contribution in [2.75, 3.05) is 13.2 Å². The number of hydrogen-bond acceptors (Lipinski definition) is 5. The predicted molar refractivity (Wildman–Crippen MR) is 127 cm³/mol. The summed E-state index contributed by atoms with van der Waals surface area (Å²) in [6.07, 6.45) is 2.41. The van der Waals surface area contributed by atoms with Gasteiger partial charge in [0, 0.05) is 10.6 Å². The van der Waals surface area contributed by atoms with E-state index in [0.717, 1.165) is 12.0 Å². The number of ether oxygens (including phenoxy) is 2. The molecule has 0 bridgehead atoms. The van der Waals surface area contributed by atoms with Crippen molar-refractivity contribution in [2.24, 2.45) is 11.0 Å². The topological polar surface area (TPSA) is 89.0 Å². The van der Waals surface area contributed by atoms with E-state index in [1.165, 1.54) is 6.21 Å². The molecule has 0 heterocycles. The fourth-order valence-corrected chi connectivity index (χ4v) is 3.02. The Balaban J connectivity index is 2.04. The van der Waals surface area contributed by atoms with Gasteiger partial charge in [-0.3, -0.25) is 9.59 Å². The van der Waals surface area contributed by atoms with Crippen molar-refractivity contribution in [1.82, 2.24) is 10.7 Å². The quantitative estimate of drug-likeness (QED) is 0.384. The Bertz CT molecular complexity index is 947. The average molecular weight is 460 g/mol. The van der Waals surface area contributed by atoms with Crippen LogP contribution in [0.1, 0.15) is 50.0 Å². The number of hydrazone groups is 1. The van der Waals surface area contributed by atoms with Crippen molar-refractivity contribution in [3.8, 4) is 11.5 Å². The zero-order chi connectivity index (χ0) is 23.5. The molecule has 172 valence electrons. The molecule has 2 N–H and O–H groups in total. The van der Waals surface area contributed by atoms with Gasteiger partial charge in [-0.1, -0.05) is 38.4 Å². The number of rotatable bonds is 11. The van der Waals surface area contributed by atoms with Crippen molar-refractivity contribution >= 4 is 29.6 Å². The lowest BCUT2D eigenvalue weighted by Crippen LogP contribution is -2.48. The Morgan fingerprint density at radius 3 is 2.53 bits per heavy atom. The molecule has 7 nitrogen and oxygen atoms in total. The van der Waals surface area contributed by atoms with Gasteiger partial charge >= 0.3 is 0 Å². The molecule has 1 unspecified atom stereocenters. The second-order valence-electron chi connectivity index (χ2n) is 7.43. The zero-order valence-corrected chi connectivity index (χ0v) is 19.6. The SMILES string of the molecule is CCCOc1ccc(C=NNC(=O)C(NC(=O)c2cccc(Cl)c2)C(C)C)cc1OCC. The lowest BCUT2D eigenvalue weighted by atomic mass is 10.0. The second-order valence-corrected chi connectivity index (χ2v) is 7.86. The molecule has 2 rings (SSSR count). The highest BCUT2D eigenvalue weighted by atomic mass is 35.5. The summed E-state index contributed by atoms with van der Waals surface area (Å²) in [7, 11) is 0. The standard InChI is InChI=1S/C24H30ClN3O4/c1-5-12-32-20-11-10-17(13-21(20)31-6-2)15-26-28-24(30)22(16(3)4)27-23(29)18-8-7-9-19(25)14-18/h7-11,13-16,22H,5-6,12H2,1-4H3,(H,27,29)(H,28,30). The highest BCUT2D eigenvalue weighted by Gasteiger charge is 2.24. The minimum Gasteiger partial charge on any atom is -0.490 e. The van der Waals surface area contributed by atoms with Crippen molar-refractivity contribution in [3.05, 3.63) is 58.6 Å². The molecule has 2 aromatic rings. The summed E-state index contributed by atoms with van der Waals surface area (Å²) in [6.45, 7) is 8.72. The van der Waals surface area contributed by atoms with E-state index in [4.69, 9.17) is 21.1 Å². The van der Waals surface area contributed by atoms with Crippen LogP contribution in [0.5, 0.6) is 11.5 Å². The second kappa shape index (κ2) is 12.7. The van der Waals surface area contributed by atoms with E-state index in [9.17, 15) is 9.59 Å². The monoisotopic (exact) mass is 459 g/mol. The van der Waals surface area contributed by atoms with Gasteiger partial charge in [-0.05, 0) is 61.2 Å². The Labute approximate surface area is 194 Å². The lowest BCUT2D eigenvalue weighted by Gasteiger charge is -2.20. The van der Waals surface area contributed by atoms with E-state index in [1.54, 1.807) is 30.3 Å². The van der Waals surface area contributed by atoms with Crippen LogP contribution in [-0.4, -0.2) is 37.3 Å². The van der Waals surface area contributed by atoms with Gasteiger partial charge in [0.2, 0.25) is 0 Å². The van der Waals surface area contributed by atoms with Crippen LogP contribution in [0, 0.1) is 5.92 Å². The van der Waals surface area contributed by atoms with Crippen LogP contribution in [0.4, 0.5) is 0 Å². The number of carbonyl (C=O) groups excluding carboxylic acids is 2. The van der Waals surface area contributed by atoms with Crippen molar-refractivity contribution in [2.45, 2.75) is 40.2 Å². The molecular weight excluding hydrogens is 430 g/mol. The summed E-state index contributed by atoms with van der Waals surface area (Å²) in [5, 5.41) is 7.23. The number of amides is 2. The first-order valence-corrected chi connectivity index (χ1v) is 11.0. The first kappa shape index (κ1) is 25.2. The largest absolute Gasteiger partial charge is 0.490 e. The molecule has 0 aromatic heterocycles. The summed E-state index contributed by atoms with van der Waals surface area (Å²) in [6, 6.07) is 11.2. The summed E-state index contributed by atoms with van der Waals surface area (Å²) in [5.74, 6) is 0.338. The number of benzene rings is 2. The van der Waals surface area contributed by atoms with Crippen molar-refractivity contribution in [3.63, 3.8) is 0 Å². The van der Waals surface area contributed by atoms with Gasteiger partial charge in [0.25, 0.3) is 11.8 Å². The number of carbonyl (C=O) groups is 2. The molecule has 0 saturated heterocycles. The normalized spacial score (nSPS) is 11.9. The van der Waals surface area contributed by atoms with Crippen LogP contribution in [0.15, 0.2) is 47.6 Å². The number of hydrogen-bond donors (Lipinski definition) is 2. The molecule has 0 aliphatic carbocycles. The molecule has 0 aliphatic rings. The third-order valence-electron chi connectivity index (χ3n) is 4.44. The van der Waals surface area contributed by atoms with E-state index >= 15 is 0 Å². The van der Waals surface area contributed by atoms with Gasteiger partial charge in [-0.15, -0.1) is 0 Å². The molecule has 8 heteroatoms. The fourth-order valence-electron chi connectivity index (χ4n) is 2.83. The Kier molecular flexibility index (Phi) is 10.0. The maximum atomic E-state index is 12.6. The molecule has 32 heavy (non-hydrogen) atoms. The van der Waals surface area contributed by atoms with Crippen LogP contribution in [0.25, 0.3) is 0 Å². The molecule has 0 aliphatic heterocycles. The molecule has 0 radical (unpaired) electrons. The number of halogens is 1. The van der Waals surface area contributed by atoms with E-state index in [2.05, 4.69) is 15.8 Å². The fraction of sp³-hybridized carbons (Fsp3) is 0.375. The Hall–Kier alpha value is -3.06. The molecule has 2 aromatic carbocycles. The zero-order valence-electron chi connectivity index (χ0n) is 18.9. The van der Waals surface area contributed by atoms with Crippen molar-refractivity contribution < 1.29 is 19.1 Å². The molecule has 0 spiro atoms. The van der Waals surface area contributed by atoms with Gasteiger partial charge in [-0.25, -0.2) is 5.43 Å². The maximum Gasteiger partial charge on any atom is 0.262 e. The molecular formula is C24H30ClN3O4. The van der Waals surface area contributed by atoms with Crippen LogP contribution in [0.2, 0.25) is 5.02 Å². The summed E-state index contributed by atoms with van der Waals surface area (Å²) in [5.41, 5.74) is 3.62. The van der Waals surface area contributed by atoms with Crippen LogP contribution < -0.4 is 20.2 Å². The van der Waals surface area contributed by atoms with E-state index in [-0.39, 0.29) is 11.8 Å². The lowest BCUT2D eigenvalue weighted by molar-refractivity contribution is -0.123.